The van der Waals surface area contributed by atoms with Crippen molar-refractivity contribution in [1.29, 1.82) is 0 Å². The van der Waals surface area contributed by atoms with Crippen LogP contribution in [-0.4, -0.2) is 42.9 Å². The Labute approximate surface area is 152 Å². The number of aryl methyl sites for hydroxylation is 1. The van der Waals surface area contributed by atoms with Gasteiger partial charge in [-0.05, 0) is 38.5 Å². The van der Waals surface area contributed by atoms with Crippen LogP contribution in [0, 0.1) is 12.7 Å². The number of aliphatic imine (C=N–C) groups is 1. The molecule has 0 spiro atoms. The van der Waals surface area contributed by atoms with Crippen molar-refractivity contribution < 1.29 is 13.6 Å². The van der Waals surface area contributed by atoms with Crippen molar-refractivity contribution in [3.05, 3.63) is 35.3 Å². The molecule has 1 aromatic heterocycles. The number of hydrogen-bond donors (Lipinski definition) is 2. The number of nitrogens with zero attached hydrogens (tertiary/aromatic N) is 2. The molecule has 1 aliphatic heterocycles. The van der Waals surface area contributed by atoms with Crippen molar-refractivity contribution >= 4 is 22.8 Å². The van der Waals surface area contributed by atoms with Gasteiger partial charge in [-0.3, -0.25) is 4.79 Å². The van der Waals surface area contributed by atoms with Crippen LogP contribution in [0.5, 0.6) is 0 Å². The third-order valence-electron chi connectivity index (χ3n) is 4.69. The van der Waals surface area contributed by atoms with Crippen molar-refractivity contribution in [2.24, 2.45) is 4.99 Å². The maximum atomic E-state index is 13.4. The van der Waals surface area contributed by atoms with Crippen LogP contribution in [0.25, 0.3) is 11.0 Å². The van der Waals surface area contributed by atoms with Crippen LogP contribution in [-0.2, 0) is 11.3 Å². The molecule has 1 aliphatic rings. The summed E-state index contributed by atoms with van der Waals surface area (Å²) in [5, 5.41) is 7.38. The number of nitrogens with one attached hydrogen (secondary N) is 2. The predicted molar refractivity (Wildman–Crippen MR) is 99.5 cm³/mol. The first kappa shape index (κ1) is 18.2. The molecule has 0 aliphatic carbocycles. The minimum Gasteiger partial charge on any atom is -0.459 e. The molecule has 3 rings (SSSR count). The minimum absolute atomic E-state index is 0.168. The van der Waals surface area contributed by atoms with E-state index in [0.29, 0.717) is 31.1 Å². The van der Waals surface area contributed by atoms with E-state index < -0.39 is 0 Å². The summed E-state index contributed by atoms with van der Waals surface area (Å²) < 4.78 is 19.3. The third kappa shape index (κ3) is 3.98. The van der Waals surface area contributed by atoms with Crippen molar-refractivity contribution in [3.63, 3.8) is 0 Å². The van der Waals surface area contributed by atoms with E-state index in [2.05, 4.69) is 15.6 Å². The predicted octanol–water partition coefficient (Wildman–Crippen LogP) is 2.56. The van der Waals surface area contributed by atoms with E-state index in [1.54, 1.807) is 11.0 Å². The van der Waals surface area contributed by atoms with Gasteiger partial charge in [0, 0.05) is 43.5 Å². The van der Waals surface area contributed by atoms with Crippen LogP contribution in [0.2, 0.25) is 0 Å². The fourth-order valence-corrected chi connectivity index (χ4v) is 3.19. The Morgan fingerprint density at radius 2 is 2.27 bits per heavy atom. The number of halogens is 1. The van der Waals surface area contributed by atoms with Crippen LogP contribution in [0.15, 0.2) is 27.6 Å². The first-order chi connectivity index (χ1) is 12.5. The van der Waals surface area contributed by atoms with E-state index >= 15 is 0 Å². The zero-order valence-electron chi connectivity index (χ0n) is 15.4. The average Bonchev–Trinajstić information content (AvgIpc) is 2.92. The highest BCUT2D eigenvalue weighted by Gasteiger charge is 2.23. The Balaban J connectivity index is 1.73. The number of rotatable bonds is 4. The lowest BCUT2D eigenvalue weighted by atomic mass is 10.1. The number of furan rings is 1. The Kier molecular flexibility index (Phi) is 5.44. The summed E-state index contributed by atoms with van der Waals surface area (Å²) in [6.07, 6.45) is 1.33. The molecule has 0 bridgehead atoms. The minimum atomic E-state index is -0.276. The number of fused-ring (bicyclic) bond motifs is 1. The Morgan fingerprint density at radius 1 is 1.46 bits per heavy atom. The fourth-order valence-electron chi connectivity index (χ4n) is 3.19. The van der Waals surface area contributed by atoms with Crippen LogP contribution < -0.4 is 10.6 Å². The molecule has 7 heteroatoms. The van der Waals surface area contributed by atoms with E-state index in [4.69, 9.17) is 4.42 Å². The number of piperidine rings is 1. The molecular weight excluding hydrogens is 335 g/mol. The lowest BCUT2D eigenvalue weighted by Gasteiger charge is -2.31. The molecule has 0 radical (unpaired) electrons. The molecule has 1 atom stereocenters. The van der Waals surface area contributed by atoms with Gasteiger partial charge < -0.3 is 20.0 Å². The van der Waals surface area contributed by atoms with E-state index in [1.165, 1.54) is 12.1 Å². The Hall–Kier alpha value is -2.57. The number of likely N-dealkylation sites (tertiary alicyclic amines) is 1. The van der Waals surface area contributed by atoms with E-state index in [0.717, 1.165) is 29.7 Å². The fraction of sp³-hybridized carbons (Fsp3) is 0.474. The molecule has 1 unspecified atom stereocenters. The molecule has 6 nitrogen and oxygen atoms in total. The van der Waals surface area contributed by atoms with E-state index in [1.807, 2.05) is 20.9 Å². The van der Waals surface area contributed by atoms with Gasteiger partial charge >= 0.3 is 0 Å². The molecule has 0 saturated carbocycles. The maximum Gasteiger partial charge on any atom is 0.222 e. The summed E-state index contributed by atoms with van der Waals surface area (Å²) in [5.41, 5.74) is 1.57. The van der Waals surface area contributed by atoms with E-state index in [9.17, 15) is 9.18 Å². The number of carbonyl (C=O) groups excluding carboxylic acids is 1. The number of carbonyl (C=O) groups is 1. The SMILES string of the molecule is CCNC(=NCc1oc2ccc(F)cc2c1C)NC1CCC(=O)N(C)C1. The zero-order valence-corrected chi connectivity index (χ0v) is 15.4. The third-order valence-corrected chi connectivity index (χ3v) is 4.69. The lowest BCUT2D eigenvalue weighted by Crippen LogP contribution is -2.51. The first-order valence-electron chi connectivity index (χ1n) is 8.94. The van der Waals surface area contributed by atoms with Gasteiger partial charge in [0.1, 0.15) is 23.7 Å². The number of amides is 1. The van der Waals surface area contributed by atoms with Crippen molar-refractivity contribution in [2.45, 2.75) is 39.3 Å². The van der Waals surface area contributed by atoms with Crippen LogP contribution >= 0.6 is 0 Å². The summed E-state index contributed by atoms with van der Waals surface area (Å²) in [5.74, 6) is 1.31. The van der Waals surface area contributed by atoms with Gasteiger partial charge in [-0.2, -0.15) is 0 Å². The highest BCUT2D eigenvalue weighted by Crippen LogP contribution is 2.26. The van der Waals surface area contributed by atoms with Crippen molar-refractivity contribution in [3.8, 4) is 0 Å². The molecule has 1 saturated heterocycles. The number of hydrogen-bond acceptors (Lipinski definition) is 3. The lowest BCUT2D eigenvalue weighted by molar-refractivity contribution is -0.132. The summed E-state index contributed by atoms with van der Waals surface area (Å²) in [4.78, 5) is 18.0. The van der Waals surface area contributed by atoms with Gasteiger partial charge in [-0.15, -0.1) is 0 Å². The van der Waals surface area contributed by atoms with Gasteiger partial charge in [-0.25, -0.2) is 9.38 Å². The zero-order chi connectivity index (χ0) is 18.7. The smallest absolute Gasteiger partial charge is 0.222 e. The Morgan fingerprint density at radius 3 is 3.00 bits per heavy atom. The summed E-state index contributed by atoms with van der Waals surface area (Å²) >= 11 is 0. The summed E-state index contributed by atoms with van der Waals surface area (Å²) in [7, 11) is 1.82. The molecule has 140 valence electrons. The van der Waals surface area contributed by atoms with Gasteiger partial charge in [0.15, 0.2) is 5.96 Å². The van der Waals surface area contributed by atoms with Gasteiger partial charge in [0.25, 0.3) is 0 Å². The summed E-state index contributed by atoms with van der Waals surface area (Å²) in [6, 6.07) is 4.69. The highest BCUT2D eigenvalue weighted by molar-refractivity contribution is 5.83. The molecular formula is C19H25FN4O2. The second kappa shape index (κ2) is 7.76. The number of benzene rings is 1. The molecule has 26 heavy (non-hydrogen) atoms. The highest BCUT2D eigenvalue weighted by atomic mass is 19.1. The normalized spacial score (nSPS) is 18.5. The first-order valence-corrected chi connectivity index (χ1v) is 8.94. The quantitative estimate of drug-likeness (QED) is 0.649. The molecule has 2 N–H and O–H groups in total. The largest absolute Gasteiger partial charge is 0.459 e. The molecule has 2 heterocycles. The number of likely N-dealkylation sites (N-methyl/N-ethyl adjacent to an activating group) is 1. The van der Waals surface area contributed by atoms with Crippen LogP contribution in [0.3, 0.4) is 0 Å². The molecule has 1 fully saturated rings. The molecule has 2 aromatic rings. The topological polar surface area (TPSA) is 69.9 Å². The van der Waals surface area contributed by atoms with Gasteiger partial charge in [0.05, 0.1) is 0 Å². The number of guanidine groups is 1. The van der Waals surface area contributed by atoms with Gasteiger partial charge in [-0.1, -0.05) is 0 Å². The summed E-state index contributed by atoms with van der Waals surface area (Å²) in [6.45, 7) is 5.67. The monoisotopic (exact) mass is 360 g/mol. The second-order valence-corrected chi connectivity index (χ2v) is 6.64. The van der Waals surface area contributed by atoms with E-state index in [-0.39, 0.29) is 17.8 Å². The average molecular weight is 360 g/mol. The maximum absolute atomic E-state index is 13.4. The second-order valence-electron chi connectivity index (χ2n) is 6.64. The molecule has 1 aromatic carbocycles. The molecule has 1 amide bonds. The van der Waals surface area contributed by atoms with Crippen LogP contribution in [0.4, 0.5) is 4.39 Å². The van der Waals surface area contributed by atoms with Crippen LogP contribution in [0.1, 0.15) is 31.1 Å². The van der Waals surface area contributed by atoms with Gasteiger partial charge in [0.2, 0.25) is 5.91 Å². The van der Waals surface area contributed by atoms with Crippen molar-refractivity contribution in [2.75, 3.05) is 20.1 Å². The Bertz CT molecular complexity index is 830. The standard InChI is InChI=1S/C19H25FN4O2/c1-4-21-19(23-14-6-8-18(25)24(3)11-14)22-10-17-12(2)15-9-13(20)5-7-16(15)26-17/h5,7,9,14H,4,6,8,10-11H2,1-3H3,(H2,21,22,23). The van der Waals surface area contributed by atoms with Crippen molar-refractivity contribution in [1.82, 2.24) is 15.5 Å².